The SMILES string of the molecule is S=c1c2ccccc2sc2ccc(OCc3ccncc3)cc12. The molecule has 2 aromatic carbocycles. The average molecular weight is 335 g/mol. The summed E-state index contributed by atoms with van der Waals surface area (Å²) >= 11 is 7.43. The first-order chi connectivity index (χ1) is 11.3. The largest absolute Gasteiger partial charge is 0.489 e. The normalized spacial score (nSPS) is 11.0. The molecule has 0 spiro atoms. The number of hydrogen-bond acceptors (Lipinski definition) is 4. The quantitative estimate of drug-likeness (QED) is 0.351. The Labute approximate surface area is 143 Å². The molecule has 0 saturated heterocycles. The van der Waals surface area contributed by atoms with Gasteiger partial charge in [-0.25, -0.2) is 0 Å². The van der Waals surface area contributed by atoms with E-state index in [9.17, 15) is 0 Å². The van der Waals surface area contributed by atoms with E-state index in [1.165, 1.54) is 9.40 Å². The molecule has 0 atom stereocenters. The standard InChI is InChI=1S/C19H13NOS2/c22-19-15-3-1-2-4-17(15)23-18-6-5-14(11-16(18)19)21-12-13-7-9-20-10-8-13/h1-11H,12H2. The van der Waals surface area contributed by atoms with Crippen LogP contribution in [0.25, 0.3) is 20.2 Å². The number of aromatic nitrogens is 1. The van der Waals surface area contributed by atoms with Crippen LogP contribution in [-0.4, -0.2) is 4.98 Å². The number of rotatable bonds is 3. The lowest BCUT2D eigenvalue weighted by molar-refractivity contribution is 0.306. The number of benzene rings is 2. The third-order valence-corrected chi connectivity index (χ3v) is 5.29. The summed E-state index contributed by atoms with van der Waals surface area (Å²) in [6, 6.07) is 18.3. The number of hydrogen-bond donors (Lipinski definition) is 0. The molecule has 4 aromatic rings. The van der Waals surface area contributed by atoms with Crippen LogP contribution in [0.4, 0.5) is 0 Å². The van der Waals surface area contributed by atoms with Gasteiger partial charge in [0.05, 0.1) is 4.51 Å². The van der Waals surface area contributed by atoms with Gasteiger partial charge < -0.3 is 4.74 Å². The lowest BCUT2D eigenvalue weighted by atomic mass is 10.2. The first-order valence-electron chi connectivity index (χ1n) is 7.28. The summed E-state index contributed by atoms with van der Waals surface area (Å²) in [5, 5.41) is 2.21. The minimum absolute atomic E-state index is 0.526. The Bertz CT molecular complexity index is 1040. The van der Waals surface area contributed by atoms with Gasteiger partial charge >= 0.3 is 0 Å². The van der Waals surface area contributed by atoms with Crippen LogP contribution in [0, 0.1) is 4.51 Å². The molecule has 0 saturated carbocycles. The molecule has 23 heavy (non-hydrogen) atoms. The predicted octanol–water partition coefficient (Wildman–Crippen LogP) is 5.76. The predicted molar refractivity (Wildman–Crippen MR) is 98.7 cm³/mol. The van der Waals surface area contributed by atoms with Crippen LogP contribution >= 0.6 is 23.6 Å². The molecule has 0 aliphatic heterocycles. The first-order valence-corrected chi connectivity index (χ1v) is 8.51. The smallest absolute Gasteiger partial charge is 0.120 e. The molecule has 0 bridgehead atoms. The van der Waals surface area contributed by atoms with Crippen LogP contribution < -0.4 is 4.74 Å². The van der Waals surface area contributed by atoms with E-state index in [2.05, 4.69) is 23.2 Å². The molecule has 4 heteroatoms. The maximum atomic E-state index is 5.90. The zero-order chi connectivity index (χ0) is 15.6. The monoisotopic (exact) mass is 335 g/mol. The van der Waals surface area contributed by atoms with Crippen molar-refractivity contribution in [1.29, 1.82) is 0 Å². The van der Waals surface area contributed by atoms with Gasteiger partial charge in [-0.3, -0.25) is 4.98 Å². The number of fused-ring (bicyclic) bond motifs is 2. The maximum Gasteiger partial charge on any atom is 0.120 e. The zero-order valence-electron chi connectivity index (χ0n) is 12.2. The summed E-state index contributed by atoms with van der Waals surface area (Å²) in [6.45, 7) is 0.526. The lowest BCUT2D eigenvalue weighted by Crippen LogP contribution is -1.95. The fourth-order valence-electron chi connectivity index (χ4n) is 2.52. The Morgan fingerprint density at radius 2 is 1.70 bits per heavy atom. The van der Waals surface area contributed by atoms with Gasteiger partial charge in [0, 0.05) is 32.6 Å². The lowest BCUT2D eigenvalue weighted by Gasteiger charge is -2.08. The van der Waals surface area contributed by atoms with Crippen molar-refractivity contribution in [1.82, 2.24) is 4.98 Å². The van der Waals surface area contributed by atoms with Crippen LogP contribution in [0.15, 0.2) is 67.0 Å². The molecule has 0 radical (unpaired) electrons. The van der Waals surface area contributed by atoms with Gasteiger partial charge in [0.25, 0.3) is 0 Å². The molecule has 0 aliphatic carbocycles. The van der Waals surface area contributed by atoms with Crippen molar-refractivity contribution in [3.05, 3.63) is 77.1 Å². The van der Waals surface area contributed by atoms with Gasteiger partial charge in [-0.1, -0.05) is 30.4 Å². The minimum atomic E-state index is 0.526. The van der Waals surface area contributed by atoms with Crippen LogP contribution in [0.2, 0.25) is 0 Å². The van der Waals surface area contributed by atoms with Crippen LogP contribution in [0.5, 0.6) is 5.75 Å². The van der Waals surface area contributed by atoms with Crippen molar-refractivity contribution in [3.63, 3.8) is 0 Å². The molecular formula is C19H13NOS2. The highest BCUT2D eigenvalue weighted by Crippen LogP contribution is 2.32. The molecule has 112 valence electrons. The van der Waals surface area contributed by atoms with Gasteiger partial charge in [-0.05, 0) is 42.0 Å². The number of nitrogens with zero attached hydrogens (tertiary/aromatic N) is 1. The summed E-state index contributed by atoms with van der Waals surface area (Å²) in [7, 11) is 0. The Hall–Kier alpha value is -2.30. The van der Waals surface area contributed by atoms with Crippen molar-refractivity contribution in [2.24, 2.45) is 0 Å². The van der Waals surface area contributed by atoms with Crippen LogP contribution in [-0.2, 0) is 6.61 Å². The number of ether oxygens (including phenoxy) is 1. The van der Waals surface area contributed by atoms with Crippen molar-refractivity contribution < 1.29 is 4.74 Å². The van der Waals surface area contributed by atoms with E-state index in [1.54, 1.807) is 23.7 Å². The summed E-state index contributed by atoms with van der Waals surface area (Å²) in [4.78, 5) is 4.01. The van der Waals surface area contributed by atoms with Crippen LogP contribution in [0.1, 0.15) is 5.56 Å². The summed E-state index contributed by atoms with van der Waals surface area (Å²) < 4.78 is 9.19. The Kier molecular flexibility index (Phi) is 3.77. The number of pyridine rings is 1. The molecule has 0 fully saturated rings. The van der Waals surface area contributed by atoms with Gasteiger partial charge in [-0.2, -0.15) is 0 Å². The molecule has 0 unspecified atom stereocenters. The van der Waals surface area contributed by atoms with Gasteiger partial charge in [0.2, 0.25) is 0 Å². The second kappa shape index (κ2) is 6.07. The van der Waals surface area contributed by atoms with Crippen LogP contribution in [0.3, 0.4) is 0 Å². The van der Waals surface area contributed by atoms with Crippen molar-refractivity contribution in [2.45, 2.75) is 6.61 Å². The molecule has 0 aliphatic rings. The molecule has 0 amide bonds. The second-order valence-electron chi connectivity index (χ2n) is 5.23. The summed E-state index contributed by atoms with van der Waals surface area (Å²) in [5.74, 6) is 0.836. The second-order valence-corrected chi connectivity index (χ2v) is 6.72. The average Bonchev–Trinajstić information content (AvgIpc) is 2.61. The highest BCUT2D eigenvalue weighted by atomic mass is 32.1. The molecule has 2 heterocycles. The molecule has 2 aromatic heterocycles. The van der Waals surface area contributed by atoms with E-state index in [0.29, 0.717) is 6.61 Å². The van der Waals surface area contributed by atoms with Crippen molar-refractivity contribution in [2.75, 3.05) is 0 Å². The highest BCUT2D eigenvalue weighted by molar-refractivity contribution is 7.72. The zero-order valence-corrected chi connectivity index (χ0v) is 13.9. The van der Waals surface area contributed by atoms with E-state index in [-0.39, 0.29) is 0 Å². The van der Waals surface area contributed by atoms with Crippen molar-refractivity contribution >= 4 is 43.7 Å². The molecular weight excluding hydrogens is 322 g/mol. The van der Waals surface area contributed by atoms with Crippen molar-refractivity contribution in [3.8, 4) is 5.75 Å². The van der Waals surface area contributed by atoms with E-state index in [1.807, 2.05) is 36.4 Å². The summed E-state index contributed by atoms with van der Waals surface area (Å²) in [5.41, 5.74) is 1.10. The molecule has 2 nitrogen and oxygen atoms in total. The van der Waals surface area contributed by atoms with Gasteiger partial charge in [0.1, 0.15) is 12.4 Å². The third-order valence-electron chi connectivity index (χ3n) is 3.70. The maximum absolute atomic E-state index is 5.90. The first kappa shape index (κ1) is 14.3. The Morgan fingerprint density at radius 1 is 0.913 bits per heavy atom. The minimum Gasteiger partial charge on any atom is -0.489 e. The van der Waals surface area contributed by atoms with Gasteiger partial charge in [-0.15, -0.1) is 11.3 Å². The topological polar surface area (TPSA) is 22.1 Å². The van der Waals surface area contributed by atoms with E-state index in [4.69, 9.17) is 17.0 Å². The summed E-state index contributed by atoms with van der Waals surface area (Å²) in [6.07, 6.45) is 3.54. The highest BCUT2D eigenvalue weighted by Gasteiger charge is 2.05. The van der Waals surface area contributed by atoms with E-state index in [0.717, 1.165) is 26.6 Å². The fraction of sp³-hybridized carbons (Fsp3) is 0.0526. The van der Waals surface area contributed by atoms with E-state index >= 15 is 0 Å². The Balaban J connectivity index is 1.74. The third kappa shape index (κ3) is 2.83. The molecule has 4 rings (SSSR count). The van der Waals surface area contributed by atoms with Gasteiger partial charge in [0.15, 0.2) is 0 Å². The Morgan fingerprint density at radius 3 is 2.57 bits per heavy atom. The molecule has 0 N–H and O–H groups in total. The fourth-order valence-corrected chi connectivity index (χ4v) is 4.06. The van der Waals surface area contributed by atoms with E-state index < -0.39 is 0 Å².